The number of hydrogen-bond acceptors (Lipinski definition) is 4. The number of piperidine rings is 1. The van der Waals surface area contributed by atoms with E-state index in [9.17, 15) is 4.79 Å². The summed E-state index contributed by atoms with van der Waals surface area (Å²) in [6.45, 7) is 7.33. The van der Waals surface area contributed by atoms with Crippen LogP contribution in [0, 0.1) is 5.92 Å². The molecule has 5 nitrogen and oxygen atoms in total. The van der Waals surface area contributed by atoms with Crippen LogP contribution in [0.2, 0.25) is 0 Å². The fraction of sp³-hybridized carbons (Fsp3) is 0.600. The molecule has 3 heterocycles. The summed E-state index contributed by atoms with van der Waals surface area (Å²) in [6, 6.07) is 4.00. The minimum absolute atomic E-state index is 0.179. The van der Waals surface area contributed by atoms with Crippen molar-refractivity contribution in [2.75, 3.05) is 13.1 Å². The van der Waals surface area contributed by atoms with Crippen LogP contribution in [0.1, 0.15) is 52.2 Å². The molecule has 2 aromatic rings. The van der Waals surface area contributed by atoms with Gasteiger partial charge >= 0.3 is 6.09 Å². The van der Waals surface area contributed by atoms with Gasteiger partial charge in [-0.1, -0.05) is 0 Å². The molecule has 2 aromatic heterocycles. The molecule has 5 heteroatoms. The first-order valence-electron chi connectivity index (χ1n) is 9.21. The molecule has 1 saturated heterocycles. The van der Waals surface area contributed by atoms with E-state index >= 15 is 0 Å². The summed E-state index contributed by atoms with van der Waals surface area (Å²) in [7, 11) is 0. The second-order valence-corrected chi connectivity index (χ2v) is 7.93. The van der Waals surface area contributed by atoms with Crippen LogP contribution >= 0.6 is 0 Å². The maximum absolute atomic E-state index is 12.1. The molecule has 3 rings (SSSR count). The molecule has 25 heavy (non-hydrogen) atoms. The number of furan rings is 1. The van der Waals surface area contributed by atoms with E-state index in [1.54, 1.807) is 6.20 Å². The average molecular weight is 344 g/mol. The van der Waals surface area contributed by atoms with Crippen molar-refractivity contribution in [1.82, 2.24) is 9.88 Å². The minimum atomic E-state index is -0.421. The molecular formula is C20H28N2O3. The van der Waals surface area contributed by atoms with Crippen molar-refractivity contribution in [3.05, 3.63) is 30.3 Å². The monoisotopic (exact) mass is 344 g/mol. The van der Waals surface area contributed by atoms with Crippen molar-refractivity contribution in [3.8, 4) is 0 Å². The van der Waals surface area contributed by atoms with Gasteiger partial charge in [-0.25, -0.2) is 4.79 Å². The summed E-state index contributed by atoms with van der Waals surface area (Å²) in [6.07, 6.45) is 8.79. The predicted molar refractivity (Wildman–Crippen MR) is 97.5 cm³/mol. The molecule has 0 saturated carbocycles. The van der Waals surface area contributed by atoms with Crippen molar-refractivity contribution in [3.63, 3.8) is 0 Å². The van der Waals surface area contributed by atoms with Gasteiger partial charge < -0.3 is 14.1 Å². The zero-order chi connectivity index (χ0) is 17.9. The van der Waals surface area contributed by atoms with Gasteiger partial charge in [-0.05, 0) is 64.5 Å². The Bertz CT molecular complexity index is 676. The molecule has 0 unspecified atom stereocenters. The standard InChI is InChI=1S/C20H28N2O3/c1-20(2,3)25-19(23)22-11-8-15(9-12-22)5-4-6-17-13-16-14-21-10-7-18(16)24-17/h7,10,13-15H,4-6,8-9,11-12H2,1-3H3. The molecule has 0 N–H and O–H groups in total. The molecule has 1 aliphatic rings. The summed E-state index contributed by atoms with van der Waals surface area (Å²) in [5.74, 6) is 1.72. The molecule has 0 aromatic carbocycles. The molecule has 0 aliphatic carbocycles. The number of ether oxygens (including phenoxy) is 1. The quantitative estimate of drug-likeness (QED) is 0.799. The van der Waals surface area contributed by atoms with Crippen molar-refractivity contribution in [2.24, 2.45) is 5.92 Å². The molecule has 1 fully saturated rings. The Morgan fingerprint density at radius 2 is 2.12 bits per heavy atom. The minimum Gasteiger partial charge on any atom is -0.461 e. The zero-order valence-corrected chi connectivity index (χ0v) is 15.5. The van der Waals surface area contributed by atoms with Crippen LogP contribution in [0.25, 0.3) is 11.0 Å². The Morgan fingerprint density at radius 1 is 1.36 bits per heavy atom. The number of carbonyl (C=O) groups is 1. The van der Waals surface area contributed by atoms with Crippen LogP contribution < -0.4 is 0 Å². The van der Waals surface area contributed by atoms with Gasteiger partial charge in [0, 0.05) is 37.3 Å². The first-order valence-corrected chi connectivity index (χ1v) is 9.21. The van der Waals surface area contributed by atoms with Crippen LogP contribution in [0.5, 0.6) is 0 Å². The smallest absolute Gasteiger partial charge is 0.410 e. The molecule has 1 amide bonds. The topological polar surface area (TPSA) is 55.6 Å². The maximum atomic E-state index is 12.1. The molecular weight excluding hydrogens is 316 g/mol. The van der Waals surface area contributed by atoms with E-state index in [1.165, 1.54) is 6.42 Å². The van der Waals surface area contributed by atoms with Gasteiger partial charge in [0.15, 0.2) is 0 Å². The SMILES string of the molecule is CC(C)(C)OC(=O)N1CCC(CCCc2cc3cnccc3o2)CC1. The van der Waals surface area contributed by atoms with Crippen LogP contribution in [0.15, 0.2) is 28.9 Å². The van der Waals surface area contributed by atoms with Gasteiger partial charge in [0.2, 0.25) is 0 Å². The Morgan fingerprint density at radius 3 is 2.80 bits per heavy atom. The highest BCUT2D eigenvalue weighted by Crippen LogP contribution is 2.25. The highest BCUT2D eigenvalue weighted by molar-refractivity contribution is 5.76. The second-order valence-electron chi connectivity index (χ2n) is 7.93. The molecule has 136 valence electrons. The first-order chi connectivity index (χ1) is 11.9. The fourth-order valence-corrected chi connectivity index (χ4v) is 3.36. The third-order valence-corrected chi connectivity index (χ3v) is 4.67. The maximum Gasteiger partial charge on any atom is 0.410 e. The lowest BCUT2D eigenvalue weighted by atomic mass is 9.91. The highest BCUT2D eigenvalue weighted by atomic mass is 16.6. The molecule has 1 aliphatic heterocycles. The van der Waals surface area contributed by atoms with E-state index in [0.717, 1.165) is 55.5 Å². The number of pyridine rings is 1. The van der Waals surface area contributed by atoms with Gasteiger partial charge in [0.25, 0.3) is 0 Å². The van der Waals surface area contributed by atoms with Crippen LogP contribution in [-0.4, -0.2) is 34.7 Å². The van der Waals surface area contributed by atoms with Crippen LogP contribution in [-0.2, 0) is 11.2 Å². The summed E-state index contributed by atoms with van der Waals surface area (Å²) >= 11 is 0. The van der Waals surface area contributed by atoms with E-state index in [4.69, 9.17) is 9.15 Å². The van der Waals surface area contributed by atoms with E-state index in [-0.39, 0.29) is 6.09 Å². The Labute approximate surface area is 149 Å². The second kappa shape index (κ2) is 7.46. The lowest BCUT2D eigenvalue weighted by Crippen LogP contribution is -2.41. The lowest BCUT2D eigenvalue weighted by Gasteiger charge is -2.33. The largest absolute Gasteiger partial charge is 0.461 e. The Balaban J connectivity index is 1.40. The van der Waals surface area contributed by atoms with Gasteiger partial charge in [-0.15, -0.1) is 0 Å². The Hall–Kier alpha value is -2.04. The third kappa shape index (κ3) is 4.97. The number of amides is 1. The number of hydrogen-bond donors (Lipinski definition) is 0. The molecule has 0 bridgehead atoms. The Kier molecular flexibility index (Phi) is 5.30. The van der Waals surface area contributed by atoms with Gasteiger partial charge in [0.1, 0.15) is 16.9 Å². The highest BCUT2D eigenvalue weighted by Gasteiger charge is 2.26. The van der Waals surface area contributed by atoms with Crippen molar-refractivity contribution < 1.29 is 13.9 Å². The summed E-state index contributed by atoms with van der Waals surface area (Å²) in [4.78, 5) is 18.1. The van der Waals surface area contributed by atoms with E-state index in [2.05, 4.69) is 11.1 Å². The summed E-state index contributed by atoms with van der Waals surface area (Å²) in [5, 5.41) is 1.07. The third-order valence-electron chi connectivity index (χ3n) is 4.67. The van der Waals surface area contributed by atoms with E-state index in [1.807, 2.05) is 37.9 Å². The average Bonchev–Trinajstić information content (AvgIpc) is 2.96. The normalized spacial score (nSPS) is 16.4. The van der Waals surface area contributed by atoms with Crippen LogP contribution in [0.3, 0.4) is 0 Å². The zero-order valence-electron chi connectivity index (χ0n) is 15.5. The number of aryl methyl sites for hydroxylation is 1. The summed E-state index contributed by atoms with van der Waals surface area (Å²) < 4.78 is 11.3. The van der Waals surface area contributed by atoms with Crippen LogP contribution in [0.4, 0.5) is 4.79 Å². The fourth-order valence-electron chi connectivity index (χ4n) is 3.36. The molecule has 0 atom stereocenters. The van der Waals surface area contributed by atoms with E-state index in [0.29, 0.717) is 5.92 Å². The van der Waals surface area contributed by atoms with Gasteiger partial charge in [-0.3, -0.25) is 4.98 Å². The van der Waals surface area contributed by atoms with Crippen molar-refractivity contribution in [2.45, 2.75) is 58.5 Å². The predicted octanol–water partition coefficient (Wildman–Crippen LogP) is 4.80. The van der Waals surface area contributed by atoms with Gasteiger partial charge in [-0.2, -0.15) is 0 Å². The molecule has 0 radical (unpaired) electrons. The lowest BCUT2D eigenvalue weighted by molar-refractivity contribution is 0.0180. The van der Waals surface area contributed by atoms with E-state index < -0.39 is 5.60 Å². The number of aromatic nitrogens is 1. The number of likely N-dealkylation sites (tertiary alicyclic amines) is 1. The van der Waals surface area contributed by atoms with Crippen molar-refractivity contribution in [1.29, 1.82) is 0 Å². The summed E-state index contributed by atoms with van der Waals surface area (Å²) in [5.41, 5.74) is 0.492. The van der Waals surface area contributed by atoms with Crippen molar-refractivity contribution >= 4 is 17.1 Å². The first kappa shape index (κ1) is 17.8. The number of rotatable bonds is 4. The number of fused-ring (bicyclic) bond motifs is 1. The number of nitrogens with zero attached hydrogens (tertiary/aromatic N) is 2. The number of carbonyl (C=O) groups excluding carboxylic acids is 1. The molecule has 0 spiro atoms. The van der Waals surface area contributed by atoms with Gasteiger partial charge in [0.05, 0.1) is 0 Å².